The van der Waals surface area contributed by atoms with Crippen LogP contribution in [-0.4, -0.2) is 116 Å². The monoisotopic (exact) mass is 723 g/mol. The van der Waals surface area contributed by atoms with Crippen molar-refractivity contribution in [2.24, 2.45) is 28.1 Å². The van der Waals surface area contributed by atoms with Gasteiger partial charge in [0.15, 0.2) is 0 Å². The topological polar surface area (TPSA) is 177 Å². The summed E-state index contributed by atoms with van der Waals surface area (Å²) in [5.74, 6) is -2.55. The Morgan fingerprint density at radius 2 is 1.58 bits per heavy atom. The van der Waals surface area contributed by atoms with Gasteiger partial charge in [0, 0.05) is 46.8 Å². The molecule has 0 aromatic heterocycles. The Morgan fingerprint density at radius 1 is 0.980 bits per heavy atom. The summed E-state index contributed by atoms with van der Waals surface area (Å²) in [7, 11) is 0.597. The zero-order valence-corrected chi connectivity index (χ0v) is 32.5. The summed E-state index contributed by atoms with van der Waals surface area (Å²) >= 11 is 0. The van der Waals surface area contributed by atoms with Crippen molar-refractivity contribution >= 4 is 39.7 Å². The minimum Gasteiger partial charge on any atom is -0.346 e. The van der Waals surface area contributed by atoms with Crippen molar-refractivity contribution < 1.29 is 32.4 Å². The lowest BCUT2D eigenvalue weighted by atomic mass is 9.70. The average molecular weight is 724 g/mol. The van der Waals surface area contributed by atoms with Gasteiger partial charge < -0.3 is 26.2 Å². The van der Waals surface area contributed by atoms with Gasteiger partial charge in [-0.3, -0.25) is 19.2 Å². The van der Waals surface area contributed by atoms with E-state index in [1.165, 1.54) is 31.5 Å². The molecule has 3 aliphatic rings. The summed E-state index contributed by atoms with van der Waals surface area (Å²) in [6.45, 7) is 17.5. The molecule has 284 valence electrons. The number of carbonyl (C=O) groups is 5. The Bertz CT molecular complexity index is 1420. The minimum absolute atomic E-state index is 0.00303. The SMILES string of the molecule is C=CCNC(=O)C(=O)C(CC)NC(=O)[C@@H]1[C@@H]2[C@H](CN1C(=O)[C@@H](NC(=O)N[C@H](CN(C)S(=O)(=O)N(C)C)C(C)(C)C)C1(C)CCCCC1)C2(C)C. The van der Waals surface area contributed by atoms with E-state index in [1.54, 1.807) is 11.8 Å². The molecule has 2 saturated carbocycles. The maximum atomic E-state index is 14.7. The second-order valence-corrected chi connectivity index (χ2v) is 18.7. The maximum absolute atomic E-state index is 14.7. The molecule has 0 radical (unpaired) electrons. The van der Waals surface area contributed by atoms with Gasteiger partial charge in [-0.1, -0.05) is 73.8 Å². The van der Waals surface area contributed by atoms with E-state index in [2.05, 4.69) is 41.7 Å². The molecular weight excluding hydrogens is 662 g/mol. The molecule has 4 N–H and O–H groups in total. The second-order valence-electron chi connectivity index (χ2n) is 16.5. The number of hydrogen-bond donors (Lipinski definition) is 4. The first-order chi connectivity index (χ1) is 23.0. The van der Waals surface area contributed by atoms with E-state index in [0.717, 1.165) is 23.6 Å². The van der Waals surface area contributed by atoms with Crippen molar-refractivity contribution in [3.8, 4) is 0 Å². The number of nitrogens with zero attached hydrogens (tertiary/aromatic N) is 3. The molecule has 1 saturated heterocycles. The number of piperidine rings is 1. The third-order valence-electron chi connectivity index (χ3n) is 11.3. The standard InChI is InChI=1S/C35H61N7O7S/c1-12-19-36-30(45)27(43)23(13-2)37-29(44)26-25-22(34(25,6)7)20-42(26)31(46)28(35(8)17-15-14-16-18-35)39-32(47)38-24(33(3,4)5)21-41(11)50(48,49)40(9)10/h12,22-26,28H,1,13-21H2,2-11H3,(H,36,45)(H,37,44)(H2,38,39,47)/t22-,23?,24+,25-,26-,28+/m0/s1. The van der Waals surface area contributed by atoms with Gasteiger partial charge in [-0.25, -0.2) is 4.79 Å². The highest BCUT2D eigenvalue weighted by Crippen LogP contribution is 2.65. The molecule has 2 aliphatic carbocycles. The number of rotatable bonds is 15. The van der Waals surface area contributed by atoms with Crippen LogP contribution in [0.2, 0.25) is 0 Å². The summed E-state index contributed by atoms with van der Waals surface area (Å²) in [6, 6.07) is -4.12. The van der Waals surface area contributed by atoms with Crippen LogP contribution in [0.15, 0.2) is 12.7 Å². The van der Waals surface area contributed by atoms with E-state index >= 15 is 0 Å². The quantitative estimate of drug-likeness (QED) is 0.148. The van der Waals surface area contributed by atoms with Crippen LogP contribution < -0.4 is 21.3 Å². The highest BCUT2D eigenvalue weighted by Gasteiger charge is 2.70. The third-order valence-corrected chi connectivity index (χ3v) is 13.2. The Morgan fingerprint density at radius 3 is 2.10 bits per heavy atom. The minimum atomic E-state index is -3.74. The van der Waals surface area contributed by atoms with Gasteiger partial charge in [0.2, 0.25) is 17.6 Å². The fraction of sp³-hybridized carbons (Fsp3) is 0.800. The van der Waals surface area contributed by atoms with E-state index in [4.69, 9.17) is 0 Å². The van der Waals surface area contributed by atoms with E-state index in [9.17, 15) is 32.4 Å². The zero-order chi connectivity index (χ0) is 38.0. The highest BCUT2D eigenvalue weighted by atomic mass is 32.2. The summed E-state index contributed by atoms with van der Waals surface area (Å²) in [5.41, 5.74) is -1.34. The number of likely N-dealkylation sites (N-methyl/N-ethyl adjacent to an activating group) is 1. The van der Waals surface area contributed by atoms with Crippen molar-refractivity contribution in [3.05, 3.63) is 12.7 Å². The van der Waals surface area contributed by atoms with Crippen molar-refractivity contribution in [3.63, 3.8) is 0 Å². The number of ketones is 1. The van der Waals surface area contributed by atoms with E-state index in [-0.39, 0.29) is 42.7 Å². The molecular formula is C35H61N7O7S. The molecule has 3 fully saturated rings. The van der Waals surface area contributed by atoms with Crippen LogP contribution in [0.25, 0.3) is 0 Å². The fourth-order valence-electron chi connectivity index (χ4n) is 7.68. The summed E-state index contributed by atoms with van der Waals surface area (Å²) < 4.78 is 27.9. The summed E-state index contributed by atoms with van der Waals surface area (Å²) in [5, 5.41) is 11.2. The highest BCUT2D eigenvalue weighted by molar-refractivity contribution is 7.86. The lowest BCUT2D eigenvalue weighted by Crippen LogP contribution is -2.63. The van der Waals surface area contributed by atoms with Gasteiger partial charge in [0.05, 0.1) is 6.04 Å². The number of hydrogen-bond acceptors (Lipinski definition) is 7. The molecule has 6 atom stereocenters. The van der Waals surface area contributed by atoms with Crippen LogP contribution in [0.5, 0.6) is 0 Å². The van der Waals surface area contributed by atoms with Gasteiger partial charge in [-0.15, -0.1) is 6.58 Å². The molecule has 0 bridgehead atoms. The smallest absolute Gasteiger partial charge is 0.315 e. The third kappa shape index (κ3) is 8.87. The lowest BCUT2D eigenvalue weighted by Gasteiger charge is -2.43. The van der Waals surface area contributed by atoms with Gasteiger partial charge in [-0.2, -0.15) is 17.0 Å². The van der Waals surface area contributed by atoms with Crippen LogP contribution in [0.4, 0.5) is 4.79 Å². The molecule has 0 aromatic carbocycles. The van der Waals surface area contributed by atoms with Crippen LogP contribution >= 0.6 is 0 Å². The normalized spacial score (nSPS) is 24.4. The summed E-state index contributed by atoms with van der Waals surface area (Å²) in [6.07, 6.45) is 5.83. The average Bonchev–Trinajstić information content (AvgIpc) is 3.33. The molecule has 50 heavy (non-hydrogen) atoms. The fourth-order valence-corrected chi connectivity index (χ4v) is 8.57. The number of likely N-dealkylation sites (tertiary alicyclic amines) is 1. The first-order valence-electron chi connectivity index (χ1n) is 17.8. The Hall–Kier alpha value is -3.04. The van der Waals surface area contributed by atoms with Crippen molar-refractivity contribution in [2.75, 3.05) is 40.8 Å². The largest absolute Gasteiger partial charge is 0.346 e. The van der Waals surface area contributed by atoms with Gasteiger partial charge >= 0.3 is 6.03 Å². The predicted molar refractivity (Wildman–Crippen MR) is 192 cm³/mol. The van der Waals surface area contributed by atoms with Crippen molar-refractivity contribution in [1.82, 2.24) is 34.8 Å². The van der Waals surface area contributed by atoms with E-state index < -0.39 is 68.8 Å². The van der Waals surface area contributed by atoms with Gasteiger partial charge in [0.25, 0.3) is 16.1 Å². The lowest BCUT2D eigenvalue weighted by molar-refractivity contribution is -0.146. The number of carbonyl (C=O) groups excluding carboxylic acids is 5. The second kappa shape index (κ2) is 15.7. The van der Waals surface area contributed by atoms with Crippen LogP contribution in [0.3, 0.4) is 0 Å². The molecule has 0 aromatic rings. The van der Waals surface area contributed by atoms with Crippen molar-refractivity contribution in [2.45, 2.75) is 111 Å². The van der Waals surface area contributed by atoms with Gasteiger partial charge in [-0.05, 0) is 47.3 Å². The Labute approximate surface area is 299 Å². The molecule has 0 spiro atoms. The first kappa shape index (κ1) is 41.4. The molecule has 1 aliphatic heterocycles. The number of urea groups is 1. The molecule has 14 nitrogen and oxygen atoms in total. The number of nitrogens with one attached hydrogen (secondary N) is 4. The number of amides is 5. The van der Waals surface area contributed by atoms with Crippen LogP contribution in [0, 0.1) is 28.1 Å². The molecule has 3 rings (SSSR count). The molecule has 1 heterocycles. The first-order valence-corrected chi connectivity index (χ1v) is 19.2. The van der Waals surface area contributed by atoms with Crippen LogP contribution in [0.1, 0.15) is 87.0 Å². The van der Waals surface area contributed by atoms with Crippen molar-refractivity contribution in [1.29, 1.82) is 0 Å². The van der Waals surface area contributed by atoms with E-state index in [1.807, 2.05) is 27.7 Å². The number of fused-ring (bicyclic) bond motifs is 1. The predicted octanol–water partition coefficient (Wildman–Crippen LogP) is 2.03. The summed E-state index contributed by atoms with van der Waals surface area (Å²) in [4.78, 5) is 69.5. The molecule has 15 heteroatoms. The number of Topliss-reactive ketones (excluding diaryl/α,β-unsaturated/α-hetero) is 1. The van der Waals surface area contributed by atoms with Gasteiger partial charge in [0.1, 0.15) is 12.1 Å². The molecule has 5 amide bonds. The Kier molecular flexibility index (Phi) is 13.0. The maximum Gasteiger partial charge on any atom is 0.315 e. The molecule has 1 unspecified atom stereocenters. The van der Waals surface area contributed by atoms with E-state index in [0.29, 0.717) is 19.4 Å². The van der Waals surface area contributed by atoms with Crippen LogP contribution in [-0.2, 0) is 29.4 Å². The zero-order valence-electron chi connectivity index (χ0n) is 31.7. The Balaban J connectivity index is 1.90.